The highest BCUT2D eigenvalue weighted by atomic mass is 19.1. The maximum atomic E-state index is 13.0. The minimum Gasteiger partial charge on any atom is -0.493 e. The molecular weight excluding hydrogens is 365 g/mol. The van der Waals surface area contributed by atoms with Gasteiger partial charge in [-0.1, -0.05) is 19.9 Å². The third kappa shape index (κ3) is 7.03. The van der Waals surface area contributed by atoms with E-state index >= 15 is 0 Å². The zero-order valence-corrected chi connectivity index (χ0v) is 16.2. The van der Waals surface area contributed by atoms with Gasteiger partial charge in [-0.2, -0.15) is 0 Å². The van der Waals surface area contributed by atoms with Crippen molar-refractivity contribution in [2.24, 2.45) is 0 Å². The summed E-state index contributed by atoms with van der Waals surface area (Å²) in [4.78, 5) is 26.0. The van der Waals surface area contributed by atoms with E-state index in [9.17, 15) is 14.0 Å². The van der Waals surface area contributed by atoms with Crippen LogP contribution < -0.4 is 15.6 Å². The van der Waals surface area contributed by atoms with Gasteiger partial charge in [0, 0.05) is 12.5 Å². The number of hydrogen-bond donors (Lipinski definition) is 2. The summed E-state index contributed by atoms with van der Waals surface area (Å²) in [5.74, 6) is -0.0176. The molecule has 1 aromatic heterocycles. The van der Waals surface area contributed by atoms with Crippen molar-refractivity contribution >= 4 is 11.8 Å². The monoisotopic (exact) mass is 391 g/mol. The van der Waals surface area contributed by atoms with E-state index < -0.39 is 5.91 Å². The Morgan fingerprint density at radius 3 is 2.64 bits per heavy atom. The largest absolute Gasteiger partial charge is 0.493 e. The third-order valence-corrected chi connectivity index (χ3v) is 4.09. The third-order valence-electron chi connectivity index (χ3n) is 4.09. The number of halogens is 1. The number of carbonyl (C=O) groups excluding carboxylic acids is 2. The summed E-state index contributed by atoms with van der Waals surface area (Å²) in [6.07, 6.45) is 0.577. The highest BCUT2D eigenvalue weighted by molar-refractivity contribution is 5.92. The molecule has 0 aliphatic carbocycles. The van der Waals surface area contributed by atoms with E-state index in [1.54, 1.807) is 24.3 Å². The van der Waals surface area contributed by atoms with Gasteiger partial charge in [0.1, 0.15) is 17.3 Å². The fraction of sp³-hybridized carbons (Fsp3) is 0.400. The molecule has 0 radical (unpaired) electrons. The summed E-state index contributed by atoms with van der Waals surface area (Å²) in [5, 5.41) is 0. The lowest BCUT2D eigenvalue weighted by atomic mass is 10.3. The fourth-order valence-electron chi connectivity index (χ4n) is 2.48. The van der Waals surface area contributed by atoms with E-state index in [0.29, 0.717) is 24.5 Å². The van der Waals surface area contributed by atoms with Crippen molar-refractivity contribution in [3.63, 3.8) is 0 Å². The van der Waals surface area contributed by atoms with Crippen molar-refractivity contribution in [1.82, 2.24) is 15.8 Å². The van der Waals surface area contributed by atoms with Crippen molar-refractivity contribution in [2.45, 2.75) is 33.2 Å². The normalized spacial score (nSPS) is 10.7. The maximum absolute atomic E-state index is 13.0. The number of amides is 2. The summed E-state index contributed by atoms with van der Waals surface area (Å²) in [6, 6.07) is 9.12. The Labute approximate surface area is 163 Å². The lowest BCUT2D eigenvalue weighted by Crippen LogP contribution is -2.41. The highest BCUT2D eigenvalue weighted by Gasteiger charge is 2.13. The zero-order chi connectivity index (χ0) is 20.4. The first-order valence-electron chi connectivity index (χ1n) is 9.30. The summed E-state index contributed by atoms with van der Waals surface area (Å²) < 4.78 is 23.9. The summed E-state index contributed by atoms with van der Waals surface area (Å²) in [7, 11) is 0. The lowest BCUT2D eigenvalue weighted by Gasteiger charge is -2.15. The number of nitrogens with one attached hydrogen (secondary N) is 2. The minimum absolute atomic E-state index is 0.136. The van der Waals surface area contributed by atoms with Gasteiger partial charge in [-0.25, -0.2) is 4.39 Å². The molecule has 0 aliphatic heterocycles. The SMILES string of the molecule is CCN(CC)Cc1ccc(C(=O)NNC(=O)CCCOc2cccc(F)c2)o1. The Balaban J connectivity index is 1.66. The van der Waals surface area contributed by atoms with Crippen molar-refractivity contribution < 1.29 is 23.1 Å². The van der Waals surface area contributed by atoms with Gasteiger partial charge < -0.3 is 9.15 Å². The minimum atomic E-state index is -0.518. The molecule has 2 rings (SSSR count). The molecule has 0 bridgehead atoms. The molecule has 0 aliphatic rings. The molecule has 8 heteroatoms. The molecule has 0 atom stereocenters. The average molecular weight is 391 g/mol. The van der Waals surface area contributed by atoms with Crippen LogP contribution in [0.2, 0.25) is 0 Å². The zero-order valence-electron chi connectivity index (χ0n) is 16.2. The number of hydrazine groups is 1. The van der Waals surface area contributed by atoms with Crippen LogP contribution in [0.1, 0.15) is 43.0 Å². The summed E-state index contributed by atoms with van der Waals surface area (Å²) in [5.41, 5.74) is 4.66. The number of benzene rings is 1. The van der Waals surface area contributed by atoms with E-state index in [0.717, 1.165) is 13.1 Å². The molecule has 1 heterocycles. The number of nitrogens with zero attached hydrogens (tertiary/aromatic N) is 1. The predicted molar refractivity (Wildman–Crippen MR) is 102 cm³/mol. The van der Waals surface area contributed by atoms with Gasteiger partial charge in [0.05, 0.1) is 13.2 Å². The van der Waals surface area contributed by atoms with E-state index in [1.807, 2.05) is 0 Å². The molecule has 7 nitrogen and oxygen atoms in total. The Kier molecular flexibility index (Phi) is 8.48. The maximum Gasteiger partial charge on any atom is 0.305 e. The van der Waals surface area contributed by atoms with E-state index in [4.69, 9.17) is 9.15 Å². The van der Waals surface area contributed by atoms with Crippen LogP contribution in [-0.4, -0.2) is 36.4 Å². The van der Waals surface area contributed by atoms with Crippen molar-refractivity contribution in [2.75, 3.05) is 19.7 Å². The molecule has 28 heavy (non-hydrogen) atoms. The van der Waals surface area contributed by atoms with Gasteiger partial charge in [-0.15, -0.1) is 0 Å². The van der Waals surface area contributed by atoms with E-state index in [1.165, 1.54) is 12.1 Å². The Hall–Kier alpha value is -2.87. The van der Waals surface area contributed by atoms with Crippen molar-refractivity contribution in [3.8, 4) is 5.75 Å². The van der Waals surface area contributed by atoms with Crippen molar-refractivity contribution in [3.05, 3.63) is 53.7 Å². The molecule has 1 aromatic carbocycles. The number of ether oxygens (including phenoxy) is 1. The second-order valence-electron chi connectivity index (χ2n) is 6.14. The smallest absolute Gasteiger partial charge is 0.305 e. The van der Waals surface area contributed by atoms with Crippen LogP contribution >= 0.6 is 0 Å². The summed E-state index contributed by atoms with van der Waals surface area (Å²) in [6.45, 7) is 6.77. The van der Waals surface area contributed by atoms with Crippen LogP contribution in [0.3, 0.4) is 0 Å². The number of rotatable bonds is 10. The Bertz CT molecular complexity index is 774. The van der Waals surface area contributed by atoms with Crippen LogP contribution in [0.15, 0.2) is 40.8 Å². The van der Waals surface area contributed by atoms with Gasteiger partial charge in [0.2, 0.25) is 5.91 Å². The quantitative estimate of drug-likeness (QED) is 0.481. The van der Waals surface area contributed by atoms with Gasteiger partial charge in [0.15, 0.2) is 5.76 Å². The van der Waals surface area contributed by atoms with Gasteiger partial charge in [-0.05, 0) is 43.8 Å². The van der Waals surface area contributed by atoms with Crippen molar-refractivity contribution in [1.29, 1.82) is 0 Å². The van der Waals surface area contributed by atoms with Gasteiger partial charge in [0.25, 0.3) is 0 Å². The molecule has 0 saturated heterocycles. The molecule has 0 unspecified atom stereocenters. The molecule has 152 valence electrons. The first-order valence-corrected chi connectivity index (χ1v) is 9.30. The van der Waals surface area contributed by atoms with E-state index in [-0.39, 0.29) is 30.5 Å². The van der Waals surface area contributed by atoms with Crippen LogP contribution in [0.4, 0.5) is 4.39 Å². The Morgan fingerprint density at radius 2 is 1.93 bits per heavy atom. The standard InChI is InChI=1S/C20H26FN3O4/c1-3-24(4-2)14-17-10-11-18(28-17)20(26)23-22-19(25)9-6-12-27-16-8-5-7-15(21)13-16/h5,7-8,10-11,13H,3-4,6,9,12,14H2,1-2H3,(H,22,25)(H,23,26). The number of carbonyl (C=O) groups is 2. The molecule has 0 saturated carbocycles. The number of furan rings is 1. The molecule has 2 amide bonds. The number of hydrogen-bond acceptors (Lipinski definition) is 5. The average Bonchev–Trinajstić information content (AvgIpc) is 3.16. The van der Waals surface area contributed by atoms with E-state index in [2.05, 4.69) is 29.6 Å². The molecule has 2 aromatic rings. The lowest BCUT2D eigenvalue weighted by molar-refractivity contribution is -0.122. The predicted octanol–water partition coefficient (Wildman–Crippen LogP) is 2.88. The second kappa shape index (κ2) is 11.1. The van der Waals surface area contributed by atoms with Crippen LogP contribution in [0.5, 0.6) is 5.75 Å². The van der Waals surface area contributed by atoms with Crippen LogP contribution in [-0.2, 0) is 11.3 Å². The van der Waals surface area contributed by atoms with Crippen LogP contribution in [0, 0.1) is 5.82 Å². The van der Waals surface area contributed by atoms with Gasteiger partial charge in [-0.3, -0.25) is 25.3 Å². The Morgan fingerprint density at radius 1 is 1.14 bits per heavy atom. The molecule has 0 fully saturated rings. The molecule has 0 spiro atoms. The highest BCUT2D eigenvalue weighted by Crippen LogP contribution is 2.12. The molecule has 2 N–H and O–H groups in total. The second-order valence-corrected chi connectivity index (χ2v) is 6.14. The fourth-order valence-corrected chi connectivity index (χ4v) is 2.48. The first kappa shape index (κ1) is 21.4. The van der Waals surface area contributed by atoms with Gasteiger partial charge >= 0.3 is 5.91 Å². The molecular formula is C20H26FN3O4. The topological polar surface area (TPSA) is 83.8 Å². The first-order chi connectivity index (χ1) is 13.5. The van der Waals surface area contributed by atoms with Crippen LogP contribution in [0.25, 0.3) is 0 Å². The summed E-state index contributed by atoms with van der Waals surface area (Å²) >= 11 is 0.